The molecule has 0 saturated carbocycles. The van der Waals surface area contributed by atoms with E-state index in [2.05, 4.69) is 51.9 Å². The van der Waals surface area contributed by atoms with Crippen LogP contribution in [0.1, 0.15) is 18.9 Å². The van der Waals surface area contributed by atoms with E-state index in [1.807, 2.05) is 37.3 Å². The highest BCUT2D eigenvalue weighted by molar-refractivity contribution is 9.10. The number of halogens is 2. The number of aryl methyl sites for hydroxylation is 1. The van der Waals surface area contributed by atoms with Crippen molar-refractivity contribution in [3.63, 3.8) is 0 Å². The Morgan fingerprint density at radius 2 is 1.88 bits per heavy atom. The van der Waals surface area contributed by atoms with E-state index in [1.165, 1.54) is 5.56 Å². The molecule has 0 fully saturated rings. The van der Waals surface area contributed by atoms with Crippen LogP contribution in [0.4, 0.5) is 5.69 Å². The lowest BCUT2D eigenvalue weighted by atomic mass is 10.1. The van der Waals surface area contributed by atoms with Crippen molar-refractivity contribution in [2.24, 2.45) is 10.2 Å². The molecule has 7 nitrogen and oxygen atoms in total. The smallest absolute Gasteiger partial charge is 0.133 e. The molecule has 136 valence electrons. The molecular weight excluding hydrogens is 464 g/mol. The Labute approximate surface area is 168 Å². The summed E-state index contributed by atoms with van der Waals surface area (Å²) in [5, 5.41) is 6.92. The first-order valence-electron chi connectivity index (χ1n) is 7.83. The average Bonchev–Trinajstić information content (AvgIpc) is 2.62. The number of ether oxygens (including phenoxy) is 1. The van der Waals surface area contributed by atoms with E-state index in [1.54, 1.807) is 12.1 Å². The van der Waals surface area contributed by atoms with Crippen molar-refractivity contribution in [3.8, 4) is 5.75 Å². The maximum atomic E-state index is 8.14. The summed E-state index contributed by atoms with van der Waals surface area (Å²) in [5.74, 6) is 0.862. The zero-order valence-corrected chi connectivity index (χ0v) is 17.4. The molecule has 0 radical (unpaired) electrons. The lowest BCUT2D eigenvalue weighted by molar-refractivity contribution is 0.338. The van der Waals surface area contributed by atoms with Gasteiger partial charge in [0.05, 0.1) is 11.1 Å². The Kier molecular flexibility index (Phi) is 11.0. The molecule has 2 aromatic rings. The molecule has 0 unspecified atom stereocenters. The van der Waals surface area contributed by atoms with Gasteiger partial charge in [0, 0.05) is 26.5 Å². The van der Waals surface area contributed by atoms with E-state index in [0.717, 1.165) is 27.5 Å². The van der Waals surface area contributed by atoms with Crippen molar-refractivity contribution in [1.29, 1.82) is 0 Å². The number of benzene rings is 2. The molecule has 0 N–H and O–H groups in total. The molecule has 0 heterocycles. The monoisotopic (exact) mass is 480 g/mol. The number of nitrogens with zero attached hydrogens (tertiary/aromatic N) is 6. The molecule has 0 atom stereocenters. The van der Waals surface area contributed by atoms with Gasteiger partial charge in [0.2, 0.25) is 0 Å². The third-order valence-electron chi connectivity index (χ3n) is 3.05. The van der Waals surface area contributed by atoms with Crippen LogP contribution in [0.15, 0.2) is 61.6 Å². The zero-order valence-electron chi connectivity index (χ0n) is 14.2. The van der Waals surface area contributed by atoms with Crippen LogP contribution in [-0.2, 0) is 6.42 Å². The van der Waals surface area contributed by atoms with Crippen LogP contribution in [0.2, 0.25) is 0 Å². The molecular formula is C17H18Br2N6O. The number of azide groups is 2. The normalized spacial score (nSPS) is 9.19. The summed E-state index contributed by atoms with van der Waals surface area (Å²) in [6, 6.07) is 13.2. The van der Waals surface area contributed by atoms with Crippen molar-refractivity contribution < 1.29 is 4.74 Å². The molecule has 0 spiro atoms. The fourth-order valence-electron chi connectivity index (χ4n) is 1.96. The van der Waals surface area contributed by atoms with E-state index < -0.39 is 0 Å². The molecule has 2 rings (SSSR count). The molecule has 26 heavy (non-hydrogen) atoms. The predicted molar refractivity (Wildman–Crippen MR) is 111 cm³/mol. The van der Waals surface area contributed by atoms with Crippen LogP contribution in [0.3, 0.4) is 0 Å². The van der Waals surface area contributed by atoms with E-state index in [9.17, 15) is 0 Å². The fraction of sp³-hybridized carbons (Fsp3) is 0.294. The standard InChI is InChI=1S/C11H14BrN3O.C6H4BrN3/c1-2-16-11-6-5-9(8-10(11)12)4-3-7-14-15-13;7-5-2-1-3-6(4-5)9-10-8/h5-6,8H,2-4,7H2,1H3;1-4H. The number of hydrogen-bond donors (Lipinski definition) is 0. The van der Waals surface area contributed by atoms with E-state index in [0.29, 0.717) is 18.8 Å². The maximum Gasteiger partial charge on any atom is 0.133 e. The SMILES string of the molecule is CCOc1ccc(CCCN=[N+]=[N-])cc1Br.[N-]=[N+]=Nc1cccc(Br)c1. The highest BCUT2D eigenvalue weighted by atomic mass is 79.9. The summed E-state index contributed by atoms with van der Waals surface area (Å²) < 4.78 is 7.30. The van der Waals surface area contributed by atoms with Gasteiger partial charge in [-0.1, -0.05) is 44.4 Å². The first-order valence-corrected chi connectivity index (χ1v) is 9.42. The first kappa shape index (κ1) is 21.9. The molecule has 0 aliphatic rings. The molecule has 0 saturated heterocycles. The lowest BCUT2D eigenvalue weighted by Crippen LogP contribution is -1.94. The van der Waals surface area contributed by atoms with Crippen molar-refractivity contribution in [3.05, 3.63) is 77.9 Å². The minimum Gasteiger partial charge on any atom is -0.493 e. The van der Waals surface area contributed by atoms with Gasteiger partial charge in [-0.25, -0.2) is 0 Å². The minimum absolute atomic E-state index is 0.543. The second-order valence-corrected chi connectivity index (χ2v) is 6.70. The van der Waals surface area contributed by atoms with Gasteiger partial charge in [0.25, 0.3) is 0 Å². The highest BCUT2D eigenvalue weighted by Gasteiger charge is 2.01. The second kappa shape index (κ2) is 13.1. The lowest BCUT2D eigenvalue weighted by Gasteiger charge is -2.07. The fourth-order valence-corrected chi connectivity index (χ4v) is 2.89. The van der Waals surface area contributed by atoms with E-state index >= 15 is 0 Å². The molecule has 0 aliphatic carbocycles. The van der Waals surface area contributed by atoms with Crippen LogP contribution in [-0.4, -0.2) is 13.2 Å². The Bertz CT molecular complexity index is 802. The Morgan fingerprint density at radius 3 is 2.50 bits per heavy atom. The van der Waals surface area contributed by atoms with Gasteiger partial charge in [-0.2, -0.15) is 0 Å². The van der Waals surface area contributed by atoms with Gasteiger partial charge < -0.3 is 4.74 Å². The highest BCUT2D eigenvalue weighted by Crippen LogP contribution is 2.26. The number of hydrogen-bond acceptors (Lipinski definition) is 3. The van der Waals surface area contributed by atoms with Crippen LogP contribution in [0, 0.1) is 0 Å². The van der Waals surface area contributed by atoms with E-state index in [-0.39, 0.29) is 0 Å². The first-order chi connectivity index (χ1) is 12.6. The van der Waals surface area contributed by atoms with Crippen molar-refractivity contribution in [2.45, 2.75) is 19.8 Å². The van der Waals surface area contributed by atoms with E-state index in [4.69, 9.17) is 15.8 Å². The van der Waals surface area contributed by atoms with Crippen LogP contribution >= 0.6 is 31.9 Å². The molecule has 0 amide bonds. The van der Waals surface area contributed by atoms with Gasteiger partial charge >= 0.3 is 0 Å². The van der Waals surface area contributed by atoms with Gasteiger partial charge in [-0.3, -0.25) is 0 Å². The molecule has 0 aliphatic heterocycles. The molecule has 2 aromatic carbocycles. The van der Waals surface area contributed by atoms with Gasteiger partial charge in [-0.05, 0) is 76.6 Å². The quantitative estimate of drug-likeness (QED) is 0.173. The third kappa shape index (κ3) is 8.78. The number of rotatable bonds is 7. The topological polar surface area (TPSA) is 107 Å². The largest absolute Gasteiger partial charge is 0.493 e. The summed E-state index contributed by atoms with van der Waals surface area (Å²) in [7, 11) is 0. The predicted octanol–water partition coefficient (Wildman–Crippen LogP) is 7.48. The summed E-state index contributed by atoms with van der Waals surface area (Å²) in [6.45, 7) is 3.16. The zero-order chi connectivity index (χ0) is 19.2. The Balaban J connectivity index is 0.000000289. The van der Waals surface area contributed by atoms with Gasteiger partial charge in [-0.15, -0.1) is 0 Å². The molecule has 0 bridgehead atoms. The van der Waals surface area contributed by atoms with Crippen molar-refractivity contribution in [1.82, 2.24) is 0 Å². The molecule has 9 heteroatoms. The van der Waals surface area contributed by atoms with Gasteiger partial charge in [0.1, 0.15) is 5.75 Å². The van der Waals surface area contributed by atoms with Crippen LogP contribution in [0.25, 0.3) is 20.9 Å². The van der Waals surface area contributed by atoms with Crippen molar-refractivity contribution >= 4 is 37.5 Å². The summed E-state index contributed by atoms with van der Waals surface area (Å²) in [4.78, 5) is 5.37. The van der Waals surface area contributed by atoms with Crippen molar-refractivity contribution in [2.75, 3.05) is 13.2 Å². The molecule has 0 aromatic heterocycles. The van der Waals surface area contributed by atoms with Crippen LogP contribution < -0.4 is 4.74 Å². The van der Waals surface area contributed by atoms with Crippen LogP contribution in [0.5, 0.6) is 5.75 Å². The Morgan fingerprint density at radius 1 is 1.08 bits per heavy atom. The maximum absolute atomic E-state index is 8.14. The van der Waals surface area contributed by atoms with Gasteiger partial charge in [0.15, 0.2) is 0 Å². The average molecular weight is 482 g/mol. The summed E-state index contributed by atoms with van der Waals surface area (Å²) in [5.41, 5.74) is 18.0. The summed E-state index contributed by atoms with van der Waals surface area (Å²) in [6.07, 6.45) is 1.77. The second-order valence-electron chi connectivity index (χ2n) is 4.93. The minimum atomic E-state index is 0.543. The third-order valence-corrected chi connectivity index (χ3v) is 4.16. The summed E-state index contributed by atoms with van der Waals surface area (Å²) >= 11 is 6.71. The Hall–Kier alpha value is -2.18.